The molecule has 0 aromatic heterocycles. The number of halogens is 1. The number of aryl methyl sites for hydroxylation is 1. The summed E-state index contributed by atoms with van der Waals surface area (Å²) < 4.78 is 13.5. The van der Waals surface area contributed by atoms with Crippen molar-refractivity contribution in [3.8, 4) is 0 Å². The number of rotatable bonds is 3. The molecular weight excluding hydrogens is 219 g/mol. The maximum Gasteiger partial charge on any atom is 0.179 e. The van der Waals surface area contributed by atoms with Crippen molar-refractivity contribution in [3.63, 3.8) is 0 Å². The number of carbonyl (C=O) groups is 1. The average Bonchev–Trinajstić information content (AvgIpc) is 2.33. The van der Waals surface area contributed by atoms with Gasteiger partial charge in [-0.25, -0.2) is 4.39 Å². The first kappa shape index (κ1) is 12.2. The normalized spacial score (nSPS) is 17.1. The lowest BCUT2D eigenvalue weighted by Crippen LogP contribution is -2.45. The Hall–Kier alpha value is -1.26. The highest BCUT2D eigenvalue weighted by atomic mass is 19.1. The number of hydrogen-bond acceptors (Lipinski definition) is 3. The summed E-state index contributed by atoms with van der Waals surface area (Å²) in [6.45, 7) is 5.65. The van der Waals surface area contributed by atoms with Crippen LogP contribution in [-0.4, -0.2) is 43.4 Å². The number of carbonyl (C=O) groups excluding carboxylic acids is 1. The fourth-order valence-electron chi connectivity index (χ4n) is 2.01. The lowest BCUT2D eigenvalue weighted by atomic mass is 10.1. The third-order valence-electron chi connectivity index (χ3n) is 3.00. The second-order valence-electron chi connectivity index (χ2n) is 4.43. The molecular formula is C13H17FN2O. The van der Waals surface area contributed by atoms with Gasteiger partial charge in [-0.1, -0.05) is 11.6 Å². The molecule has 17 heavy (non-hydrogen) atoms. The zero-order chi connectivity index (χ0) is 12.3. The minimum absolute atomic E-state index is 0.131. The summed E-state index contributed by atoms with van der Waals surface area (Å²) in [6.07, 6.45) is 0. The largest absolute Gasteiger partial charge is 0.314 e. The Balaban J connectivity index is 2.05. The number of nitrogens with zero attached hydrogens (tertiary/aromatic N) is 1. The summed E-state index contributed by atoms with van der Waals surface area (Å²) in [7, 11) is 0. The van der Waals surface area contributed by atoms with Gasteiger partial charge in [-0.3, -0.25) is 9.69 Å². The van der Waals surface area contributed by atoms with E-state index in [2.05, 4.69) is 10.2 Å². The van der Waals surface area contributed by atoms with Crippen LogP contribution in [0.1, 0.15) is 15.9 Å². The highest BCUT2D eigenvalue weighted by Gasteiger charge is 2.17. The first-order valence-electron chi connectivity index (χ1n) is 5.89. The fourth-order valence-corrected chi connectivity index (χ4v) is 2.01. The van der Waals surface area contributed by atoms with Gasteiger partial charge >= 0.3 is 0 Å². The molecule has 0 spiro atoms. The molecule has 1 fully saturated rings. The highest BCUT2D eigenvalue weighted by molar-refractivity contribution is 5.98. The van der Waals surface area contributed by atoms with Gasteiger partial charge in [0.05, 0.1) is 12.1 Å². The van der Waals surface area contributed by atoms with Crippen molar-refractivity contribution in [1.82, 2.24) is 10.2 Å². The Labute approximate surface area is 101 Å². The SMILES string of the molecule is Cc1ccc(F)c(C(=O)CN2CCNCC2)c1. The minimum Gasteiger partial charge on any atom is -0.314 e. The summed E-state index contributed by atoms with van der Waals surface area (Å²) in [5.74, 6) is -0.552. The van der Waals surface area contributed by atoms with Crippen molar-refractivity contribution in [1.29, 1.82) is 0 Å². The molecule has 1 N–H and O–H groups in total. The van der Waals surface area contributed by atoms with E-state index >= 15 is 0 Å². The molecule has 1 aliphatic heterocycles. The molecule has 1 heterocycles. The second-order valence-corrected chi connectivity index (χ2v) is 4.43. The van der Waals surface area contributed by atoms with Gasteiger partial charge in [0.1, 0.15) is 5.82 Å². The van der Waals surface area contributed by atoms with E-state index in [0.717, 1.165) is 31.7 Å². The molecule has 0 unspecified atom stereocenters. The molecule has 0 amide bonds. The van der Waals surface area contributed by atoms with Crippen LogP contribution in [-0.2, 0) is 0 Å². The van der Waals surface area contributed by atoms with E-state index in [1.807, 2.05) is 6.92 Å². The van der Waals surface area contributed by atoms with Crippen LogP contribution in [0.5, 0.6) is 0 Å². The van der Waals surface area contributed by atoms with Crippen LogP contribution in [0.15, 0.2) is 18.2 Å². The van der Waals surface area contributed by atoms with Crippen LogP contribution in [0.25, 0.3) is 0 Å². The van der Waals surface area contributed by atoms with Crippen LogP contribution in [0.2, 0.25) is 0 Å². The topological polar surface area (TPSA) is 32.3 Å². The first-order valence-corrected chi connectivity index (χ1v) is 5.89. The number of nitrogens with one attached hydrogen (secondary N) is 1. The Morgan fingerprint density at radius 2 is 2.12 bits per heavy atom. The highest BCUT2D eigenvalue weighted by Crippen LogP contribution is 2.11. The van der Waals surface area contributed by atoms with E-state index in [0.29, 0.717) is 6.54 Å². The molecule has 0 aliphatic carbocycles. The molecule has 0 saturated carbocycles. The molecule has 92 valence electrons. The monoisotopic (exact) mass is 236 g/mol. The maximum atomic E-state index is 13.5. The minimum atomic E-state index is -0.421. The maximum absolute atomic E-state index is 13.5. The smallest absolute Gasteiger partial charge is 0.179 e. The third kappa shape index (κ3) is 3.11. The third-order valence-corrected chi connectivity index (χ3v) is 3.00. The van der Waals surface area contributed by atoms with Gasteiger partial charge in [0.25, 0.3) is 0 Å². The van der Waals surface area contributed by atoms with Gasteiger partial charge in [0.15, 0.2) is 5.78 Å². The van der Waals surface area contributed by atoms with E-state index in [-0.39, 0.29) is 11.3 Å². The average molecular weight is 236 g/mol. The van der Waals surface area contributed by atoms with Crippen molar-refractivity contribution in [2.75, 3.05) is 32.7 Å². The van der Waals surface area contributed by atoms with Gasteiger partial charge in [0.2, 0.25) is 0 Å². The summed E-state index contributed by atoms with van der Waals surface area (Å²) in [6, 6.07) is 4.66. The van der Waals surface area contributed by atoms with Gasteiger partial charge in [0, 0.05) is 26.2 Å². The van der Waals surface area contributed by atoms with Crippen molar-refractivity contribution < 1.29 is 9.18 Å². The van der Waals surface area contributed by atoms with Crippen molar-refractivity contribution >= 4 is 5.78 Å². The summed E-state index contributed by atoms with van der Waals surface area (Å²) in [4.78, 5) is 14.0. The molecule has 2 rings (SSSR count). The molecule has 1 aromatic rings. The predicted molar refractivity (Wildman–Crippen MR) is 64.8 cm³/mol. The second kappa shape index (κ2) is 5.38. The van der Waals surface area contributed by atoms with E-state index in [1.54, 1.807) is 12.1 Å². The molecule has 1 aliphatic rings. The van der Waals surface area contributed by atoms with E-state index in [9.17, 15) is 9.18 Å². The molecule has 1 saturated heterocycles. The number of Topliss-reactive ketones (excluding diaryl/α,β-unsaturated/α-hetero) is 1. The molecule has 0 atom stereocenters. The Morgan fingerprint density at radius 1 is 1.41 bits per heavy atom. The van der Waals surface area contributed by atoms with Crippen molar-refractivity contribution in [2.45, 2.75) is 6.92 Å². The Kier molecular flexibility index (Phi) is 3.86. The summed E-state index contributed by atoms with van der Waals surface area (Å²) in [5.41, 5.74) is 1.12. The van der Waals surface area contributed by atoms with Gasteiger partial charge in [-0.05, 0) is 19.1 Å². The van der Waals surface area contributed by atoms with E-state index in [4.69, 9.17) is 0 Å². The number of ketones is 1. The molecule has 3 nitrogen and oxygen atoms in total. The molecule has 0 radical (unpaired) electrons. The first-order chi connectivity index (χ1) is 8.16. The van der Waals surface area contributed by atoms with E-state index < -0.39 is 5.82 Å². The number of piperazine rings is 1. The summed E-state index contributed by atoms with van der Waals surface area (Å²) >= 11 is 0. The van der Waals surface area contributed by atoms with Crippen LogP contribution in [0.3, 0.4) is 0 Å². The number of hydrogen-bond donors (Lipinski definition) is 1. The van der Waals surface area contributed by atoms with E-state index in [1.165, 1.54) is 6.07 Å². The van der Waals surface area contributed by atoms with Crippen LogP contribution in [0, 0.1) is 12.7 Å². The zero-order valence-electron chi connectivity index (χ0n) is 10.0. The molecule has 1 aromatic carbocycles. The van der Waals surface area contributed by atoms with Crippen LogP contribution >= 0.6 is 0 Å². The standard InChI is InChI=1S/C13H17FN2O/c1-10-2-3-12(14)11(8-10)13(17)9-16-6-4-15-5-7-16/h2-3,8,15H,4-7,9H2,1H3. The Bertz CT molecular complexity index is 414. The molecule has 0 bridgehead atoms. The quantitative estimate of drug-likeness (QED) is 0.801. The fraction of sp³-hybridized carbons (Fsp3) is 0.462. The van der Waals surface area contributed by atoms with Gasteiger partial charge in [-0.2, -0.15) is 0 Å². The lowest BCUT2D eigenvalue weighted by molar-refractivity contribution is 0.0917. The number of benzene rings is 1. The van der Waals surface area contributed by atoms with Gasteiger partial charge in [-0.15, -0.1) is 0 Å². The zero-order valence-corrected chi connectivity index (χ0v) is 10.0. The molecule has 4 heteroatoms. The van der Waals surface area contributed by atoms with Crippen molar-refractivity contribution in [2.24, 2.45) is 0 Å². The lowest BCUT2D eigenvalue weighted by Gasteiger charge is -2.26. The van der Waals surface area contributed by atoms with Crippen molar-refractivity contribution in [3.05, 3.63) is 35.1 Å². The van der Waals surface area contributed by atoms with Crippen LogP contribution in [0.4, 0.5) is 4.39 Å². The predicted octanol–water partition coefficient (Wildman–Crippen LogP) is 1.22. The van der Waals surface area contributed by atoms with Crippen LogP contribution < -0.4 is 5.32 Å². The van der Waals surface area contributed by atoms with Gasteiger partial charge < -0.3 is 5.32 Å². The summed E-state index contributed by atoms with van der Waals surface area (Å²) in [5, 5.41) is 3.22. The Morgan fingerprint density at radius 3 is 2.82 bits per heavy atom.